The Kier molecular flexibility index (Phi) is 4.64. The van der Waals surface area contributed by atoms with Crippen LogP contribution in [0.5, 0.6) is 5.75 Å². The third-order valence-corrected chi connectivity index (χ3v) is 3.96. The number of ether oxygens (including phenoxy) is 2. The molecule has 0 saturated carbocycles. The summed E-state index contributed by atoms with van der Waals surface area (Å²) in [5.74, 6) is 1.75. The summed E-state index contributed by atoms with van der Waals surface area (Å²) in [6.45, 7) is 7.94. The molecule has 24 heavy (non-hydrogen) atoms. The van der Waals surface area contributed by atoms with Crippen molar-refractivity contribution >= 4 is 11.9 Å². The Morgan fingerprint density at radius 3 is 2.96 bits per heavy atom. The van der Waals surface area contributed by atoms with Crippen molar-refractivity contribution in [1.82, 2.24) is 10.2 Å². The van der Waals surface area contributed by atoms with Crippen LogP contribution in [0, 0.1) is 0 Å². The van der Waals surface area contributed by atoms with Gasteiger partial charge in [0.05, 0.1) is 25.7 Å². The number of fused-ring (bicyclic) bond motifs is 1. The van der Waals surface area contributed by atoms with E-state index in [1.165, 1.54) is 0 Å². The maximum atomic E-state index is 12.3. The molecule has 1 unspecified atom stereocenters. The van der Waals surface area contributed by atoms with Crippen molar-refractivity contribution in [3.8, 4) is 5.75 Å². The number of carbonyl (C=O) groups excluding carboxylic acids is 1. The molecule has 6 nitrogen and oxygen atoms in total. The predicted molar refractivity (Wildman–Crippen MR) is 92.5 cm³/mol. The first-order chi connectivity index (χ1) is 11.4. The standard InChI is InChI=1S/C18H25N3O3/c1-18(2,3)24-17(22)21-10-9-19-16(12-21)20-14-8-11-23-15-7-5-4-6-13(14)15/h4-7,14H,8-12H2,1-3H3,(H,19,20). The third kappa shape index (κ3) is 3.99. The summed E-state index contributed by atoms with van der Waals surface area (Å²) < 4.78 is 11.1. The van der Waals surface area contributed by atoms with Gasteiger partial charge >= 0.3 is 6.09 Å². The first kappa shape index (κ1) is 16.6. The predicted octanol–water partition coefficient (Wildman–Crippen LogP) is 2.75. The molecule has 2 aliphatic heterocycles. The zero-order valence-corrected chi connectivity index (χ0v) is 14.5. The van der Waals surface area contributed by atoms with E-state index in [1.807, 2.05) is 39.0 Å². The lowest BCUT2D eigenvalue weighted by molar-refractivity contribution is 0.0276. The highest BCUT2D eigenvalue weighted by Crippen LogP contribution is 2.31. The van der Waals surface area contributed by atoms with Crippen molar-refractivity contribution in [3.63, 3.8) is 0 Å². The molecule has 2 aliphatic rings. The van der Waals surface area contributed by atoms with E-state index in [-0.39, 0.29) is 12.1 Å². The lowest BCUT2D eigenvalue weighted by Crippen LogP contribution is -2.48. The summed E-state index contributed by atoms with van der Waals surface area (Å²) in [7, 11) is 0. The maximum Gasteiger partial charge on any atom is 0.410 e. The fourth-order valence-electron chi connectivity index (χ4n) is 2.88. The van der Waals surface area contributed by atoms with Crippen LogP contribution in [0.4, 0.5) is 4.79 Å². The van der Waals surface area contributed by atoms with Gasteiger partial charge in [-0.15, -0.1) is 0 Å². The summed E-state index contributed by atoms with van der Waals surface area (Å²) in [6.07, 6.45) is 0.590. The quantitative estimate of drug-likeness (QED) is 0.859. The Bertz CT molecular complexity index is 637. The molecule has 130 valence electrons. The molecule has 1 amide bonds. The first-order valence-corrected chi connectivity index (χ1v) is 8.42. The zero-order valence-electron chi connectivity index (χ0n) is 14.5. The Morgan fingerprint density at radius 2 is 2.17 bits per heavy atom. The minimum atomic E-state index is -0.487. The molecule has 0 spiro atoms. The highest BCUT2D eigenvalue weighted by atomic mass is 16.6. The van der Waals surface area contributed by atoms with Gasteiger partial charge in [0.1, 0.15) is 17.2 Å². The minimum Gasteiger partial charge on any atom is -0.493 e. The van der Waals surface area contributed by atoms with Crippen molar-refractivity contribution in [2.24, 2.45) is 4.99 Å². The smallest absolute Gasteiger partial charge is 0.410 e. The molecule has 0 fully saturated rings. The molecule has 0 bridgehead atoms. The second kappa shape index (κ2) is 6.71. The number of hydrogen-bond donors (Lipinski definition) is 1. The number of para-hydroxylation sites is 1. The second-order valence-electron chi connectivity index (χ2n) is 7.10. The fraction of sp³-hybridized carbons (Fsp3) is 0.556. The number of rotatable bonds is 1. The molecular formula is C18H25N3O3. The Morgan fingerprint density at radius 1 is 1.38 bits per heavy atom. The van der Waals surface area contributed by atoms with Gasteiger partial charge in [0.15, 0.2) is 0 Å². The molecule has 6 heteroatoms. The average Bonchev–Trinajstić information content (AvgIpc) is 2.54. The zero-order chi connectivity index (χ0) is 17.2. The van der Waals surface area contributed by atoms with Gasteiger partial charge in [-0.1, -0.05) is 18.2 Å². The molecule has 1 atom stereocenters. The molecule has 2 heterocycles. The molecule has 1 N–H and O–H groups in total. The number of nitrogens with zero attached hydrogens (tertiary/aromatic N) is 2. The monoisotopic (exact) mass is 331 g/mol. The Hall–Kier alpha value is -2.24. The van der Waals surface area contributed by atoms with Crippen LogP contribution in [0.2, 0.25) is 0 Å². The summed E-state index contributed by atoms with van der Waals surface area (Å²) in [5, 5.41) is 3.48. The van der Waals surface area contributed by atoms with Crippen molar-refractivity contribution in [2.75, 3.05) is 26.2 Å². The van der Waals surface area contributed by atoms with Crippen molar-refractivity contribution < 1.29 is 14.3 Å². The summed E-state index contributed by atoms with van der Waals surface area (Å²) in [5.41, 5.74) is 0.652. The molecule has 0 radical (unpaired) electrons. The number of aliphatic imine (C=N–C) groups is 1. The van der Waals surface area contributed by atoms with Crippen LogP contribution in [0.3, 0.4) is 0 Å². The Balaban J connectivity index is 1.64. The number of amidine groups is 1. The van der Waals surface area contributed by atoms with E-state index in [0.717, 1.165) is 23.6 Å². The van der Waals surface area contributed by atoms with Crippen LogP contribution in [-0.2, 0) is 4.74 Å². The SMILES string of the molecule is CC(C)(C)OC(=O)N1CCN=C(NC2CCOc3ccccc32)C1. The topological polar surface area (TPSA) is 63.2 Å². The van der Waals surface area contributed by atoms with Crippen molar-refractivity contribution in [1.29, 1.82) is 0 Å². The van der Waals surface area contributed by atoms with E-state index in [0.29, 0.717) is 26.2 Å². The minimum absolute atomic E-state index is 0.160. The van der Waals surface area contributed by atoms with E-state index in [1.54, 1.807) is 4.90 Å². The average molecular weight is 331 g/mol. The van der Waals surface area contributed by atoms with E-state index >= 15 is 0 Å². The van der Waals surface area contributed by atoms with Crippen LogP contribution in [0.15, 0.2) is 29.3 Å². The summed E-state index contributed by atoms with van der Waals surface area (Å²) in [6, 6.07) is 8.20. The van der Waals surface area contributed by atoms with Crippen molar-refractivity contribution in [3.05, 3.63) is 29.8 Å². The van der Waals surface area contributed by atoms with Gasteiger partial charge in [0.25, 0.3) is 0 Å². The molecule has 0 aliphatic carbocycles. The molecule has 3 rings (SSSR count). The summed E-state index contributed by atoms with van der Waals surface area (Å²) in [4.78, 5) is 18.5. The molecule has 0 aromatic heterocycles. The van der Waals surface area contributed by atoms with E-state index in [9.17, 15) is 4.79 Å². The number of amides is 1. The molecule has 0 saturated heterocycles. The van der Waals surface area contributed by atoms with E-state index < -0.39 is 5.60 Å². The van der Waals surface area contributed by atoms with Crippen LogP contribution < -0.4 is 10.1 Å². The fourth-order valence-corrected chi connectivity index (χ4v) is 2.88. The highest BCUT2D eigenvalue weighted by molar-refractivity contribution is 5.88. The lowest BCUT2D eigenvalue weighted by atomic mass is 10.0. The number of benzene rings is 1. The molecule has 1 aromatic rings. The lowest BCUT2D eigenvalue weighted by Gasteiger charge is -2.33. The van der Waals surface area contributed by atoms with Gasteiger partial charge in [-0.25, -0.2) is 4.79 Å². The van der Waals surface area contributed by atoms with Crippen LogP contribution >= 0.6 is 0 Å². The third-order valence-electron chi connectivity index (χ3n) is 3.96. The van der Waals surface area contributed by atoms with Crippen LogP contribution in [-0.4, -0.2) is 48.7 Å². The molecule has 1 aromatic carbocycles. The maximum absolute atomic E-state index is 12.3. The van der Waals surface area contributed by atoms with Gasteiger partial charge in [-0.3, -0.25) is 9.89 Å². The normalized spacial score (nSPS) is 20.5. The van der Waals surface area contributed by atoms with E-state index in [4.69, 9.17) is 9.47 Å². The van der Waals surface area contributed by atoms with Crippen molar-refractivity contribution in [2.45, 2.75) is 38.8 Å². The first-order valence-electron chi connectivity index (χ1n) is 8.42. The number of hydrogen-bond acceptors (Lipinski definition) is 5. The molecular weight excluding hydrogens is 306 g/mol. The summed E-state index contributed by atoms with van der Waals surface area (Å²) >= 11 is 0. The van der Waals surface area contributed by atoms with Gasteiger partial charge in [0, 0.05) is 18.5 Å². The highest BCUT2D eigenvalue weighted by Gasteiger charge is 2.27. The van der Waals surface area contributed by atoms with Crippen LogP contribution in [0.25, 0.3) is 0 Å². The van der Waals surface area contributed by atoms with Gasteiger partial charge in [-0.2, -0.15) is 0 Å². The van der Waals surface area contributed by atoms with E-state index in [2.05, 4.69) is 16.4 Å². The number of carbonyl (C=O) groups is 1. The number of nitrogens with one attached hydrogen (secondary N) is 1. The Labute approximate surface area is 142 Å². The van der Waals surface area contributed by atoms with Crippen LogP contribution in [0.1, 0.15) is 38.8 Å². The van der Waals surface area contributed by atoms with Gasteiger partial charge in [-0.05, 0) is 26.8 Å². The van der Waals surface area contributed by atoms with Gasteiger partial charge in [0.2, 0.25) is 0 Å². The largest absolute Gasteiger partial charge is 0.493 e. The second-order valence-corrected chi connectivity index (χ2v) is 7.10. The van der Waals surface area contributed by atoms with Gasteiger partial charge < -0.3 is 14.8 Å².